The summed E-state index contributed by atoms with van der Waals surface area (Å²) in [4.78, 5) is 20.4. The fourth-order valence-corrected chi connectivity index (χ4v) is 4.79. The SMILES string of the molecule is Cc1cc(C)c2cc(NC(=O)c3cc4c(ccn4CC(=N)N)cc3N3CCCC3)ccc2n1. The molecule has 0 spiro atoms. The molecule has 1 aliphatic heterocycles. The minimum absolute atomic E-state index is 0.0810. The number of aryl methyl sites for hydroxylation is 2. The van der Waals surface area contributed by atoms with Crippen LogP contribution < -0.4 is 16.0 Å². The van der Waals surface area contributed by atoms with Crippen LogP contribution in [0.2, 0.25) is 0 Å². The molecule has 4 N–H and O–H groups in total. The number of rotatable bonds is 5. The van der Waals surface area contributed by atoms with E-state index in [4.69, 9.17) is 11.1 Å². The number of fused-ring (bicyclic) bond motifs is 2. The van der Waals surface area contributed by atoms with Crippen molar-refractivity contribution in [2.75, 3.05) is 23.3 Å². The van der Waals surface area contributed by atoms with Gasteiger partial charge in [-0.25, -0.2) is 0 Å². The number of anilines is 2. The zero-order valence-electron chi connectivity index (χ0n) is 19.0. The predicted molar refractivity (Wildman–Crippen MR) is 134 cm³/mol. The highest BCUT2D eigenvalue weighted by Gasteiger charge is 2.22. The van der Waals surface area contributed by atoms with Crippen LogP contribution >= 0.6 is 0 Å². The first-order valence-corrected chi connectivity index (χ1v) is 11.3. The maximum absolute atomic E-state index is 13.5. The molecular weight excluding hydrogens is 412 g/mol. The molecule has 3 heterocycles. The quantitative estimate of drug-likeness (QED) is 0.312. The van der Waals surface area contributed by atoms with E-state index in [-0.39, 0.29) is 11.7 Å². The zero-order chi connectivity index (χ0) is 23.1. The molecule has 4 aromatic rings. The lowest BCUT2D eigenvalue weighted by Crippen LogP contribution is -2.23. The molecule has 1 aliphatic rings. The largest absolute Gasteiger partial charge is 0.386 e. The van der Waals surface area contributed by atoms with Gasteiger partial charge in [0.15, 0.2) is 0 Å². The van der Waals surface area contributed by atoms with Gasteiger partial charge < -0.3 is 20.5 Å². The molecule has 1 saturated heterocycles. The third kappa shape index (κ3) is 4.02. The number of carbonyl (C=O) groups is 1. The Hall–Kier alpha value is -3.87. The van der Waals surface area contributed by atoms with E-state index >= 15 is 0 Å². The van der Waals surface area contributed by atoms with Gasteiger partial charge in [-0.3, -0.25) is 15.2 Å². The Kier molecular flexibility index (Phi) is 5.24. The molecule has 1 amide bonds. The average molecular weight is 441 g/mol. The number of aromatic nitrogens is 2. The summed E-state index contributed by atoms with van der Waals surface area (Å²) in [5, 5.41) is 12.8. The van der Waals surface area contributed by atoms with Gasteiger partial charge in [0.1, 0.15) is 5.84 Å². The lowest BCUT2D eigenvalue weighted by atomic mass is 10.1. The van der Waals surface area contributed by atoms with Gasteiger partial charge in [-0.2, -0.15) is 0 Å². The van der Waals surface area contributed by atoms with Crippen LogP contribution in [0.25, 0.3) is 21.8 Å². The van der Waals surface area contributed by atoms with Crippen LogP contribution in [0.4, 0.5) is 11.4 Å². The van der Waals surface area contributed by atoms with Gasteiger partial charge in [-0.05, 0) is 74.7 Å². The number of nitrogens with zero attached hydrogens (tertiary/aromatic N) is 3. The third-order valence-corrected chi connectivity index (χ3v) is 6.32. The van der Waals surface area contributed by atoms with Gasteiger partial charge in [0, 0.05) is 47.0 Å². The van der Waals surface area contributed by atoms with Crippen LogP contribution in [-0.2, 0) is 6.54 Å². The second-order valence-electron chi connectivity index (χ2n) is 8.86. The van der Waals surface area contributed by atoms with Crippen molar-refractivity contribution in [2.24, 2.45) is 5.73 Å². The average Bonchev–Trinajstić information content (AvgIpc) is 3.43. The molecule has 33 heavy (non-hydrogen) atoms. The summed E-state index contributed by atoms with van der Waals surface area (Å²) in [6.07, 6.45) is 4.17. The van der Waals surface area contributed by atoms with Gasteiger partial charge >= 0.3 is 0 Å². The van der Waals surface area contributed by atoms with Crippen molar-refractivity contribution in [3.63, 3.8) is 0 Å². The van der Waals surface area contributed by atoms with Gasteiger partial charge in [0.25, 0.3) is 5.91 Å². The molecule has 2 aromatic carbocycles. The van der Waals surface area contributed by atoms with Crippen molar-refractivity contribution in [3.8, 4) is 0 Å². The minimum Gasteiger partial charge on any atom is -0.386 e. The number of amides is 1. The van der Waals surface area contributed by atoms with E-state index < -0.39 is 0 Å². The standard InChI is InChI=1S/C26H28N6O/c1-16-11-17(2)29-22-6-5-19(13-20(16)22)30-26(33)21-14-23-18(7-10-32(23)15-25(27)28)12-24(21)31-8-3-4-9-31/h5-7,10-14H,3-4,8-9,15H2,1-2H3,(H3,27,28)(H,30,33). The molecule has 5 rings (SSSR count). The summed E-state index contributed by atoms with van der Waals surface area (Å²) < 4.78 is 1.91. The normalized spacial score (nSPS) is 13.7. The summed E-state index contributed by atoms with van der Waals surface area (Å²) in [6, 6.07) is 13.9. The number of nitrogens with two attached hydrogens (primary N) is 1. The smallest absolute Gasteiger partial charge is 0.257 e. The fraction of sp³-hybridized carbons (Fsp3) is 0.269. The van der Waals surface area contributed by atoms with E-state index in [1.807, 2.05) is 48.0 Å². The van der Waals surface area contributed by atoms with Crippen LogP contribution in [0, 0.1) is 19.3 Å². The second kappa shape index (κ2) is 8.24. The van der Waals surface area contributed by atoms with E-state index in [9.17, 15) is 4.79 Å². The molecule has 168 valence electrons. The van der Waals surface area contributed by atoms with Crippen molar-refractivity contribution in [3.05, 3.63) is 65.5 Å². The summed E-state index contributed by atoms with van der Waals surface area (Å²) in [7, 11) is 0. The highest BCUT2D eigenvalue weighted by Crippen LogP contribution is 2.31. The molecule has 1 fully saturated rings. The maximum atomic E-state index is 13.5. The molecule has 0 bridgehead atoms. The number of carbonyl (C=O) groups excluding carboxylic acids is 1. The molecule has 0 unspecified atom stereocenters. The van der Waals surface area contributed by atoms with Crippen molar-refractivity contribution in [1.82, 2.24) is 9.55 Å². The first kappa shape index (κ1) is 21.0. The summed E-state index contributed by atoms with van der Waals surface area (Å²) in [6.45, 7) is 6.23. The van der Waals surface area contributed by atoms with E-state index in [0.717, 1.165) is 70.4 Å². The number of nitrogens with one attached hydrogen (secondary N) is 2. The summed E-state index contributed by atoms with van der Waals surface area (Å²) in [5.41, 5.74) is 11.9. The number of pyridine rings is 1. The van der Waals surface area contributed by atoms with E-state index in [2.05, 4.69) is 34.3 Å². The van der Waals surface area contributed by atoms with Crippen LogP contribution in [0.1, 0.15) is 34.5 Å². The molecule has 0 radical (unpaired) electrons. The lowest BCUT2D eigenvalue weighted by Gasteiger charge is -2.22. The van der Waals surface area contributed by atoms with E-state index in [1.165, 1.54) is 0 Å². The minimum atomic E-state index is -0.147. The Balaban J connectivity index is 1.55. The van der Waals surface area contributed by atoms with Gasteiger partial charge in [-0.15, -0.1) is 0 Å². The molecule has 7 heteroatoms. The molecule has 7 nitrogen and oxygen atoms in total. The Morgan fingerprint density at radius 3 is 2.67 bits per heavy atom. The van der Waals surface area contributed by atoms with Crippen LogP contribution in [0.5, 0.6) is 0 Å². The summed E-state index contributed by atoms with van der Waals surface area (Å²) in [5.74, 6) is -0.0658. The highest BCUT2D eigenvalue weighted by atomic mass is 16.1. The van der Waals surface area contributed by atoms with Crippen molar-refractivity contribution in [2.45, 2.75) is 33.2 Å². The van der Waals surface area contributed by atoms with Gasteiger partial charge in [0.05, 0.1) is 23.3 Å². The molecule has 0 saturated carbocycles. The van der Waals surface area contributed by atoms with Crippen molar-refractivity contribution in [1.29, 1.82) is 5.41 Å². The first-order chi connectivity index (χ1) is 15.9. The fourth-order valence-electron chi connectivity index (χ4n) is 4.79. The Morgan fingerprint density at radius 1 is 1.12 bits per heavy atom. The lowest BCUT2D eigenvalue weighted by molar-refractivity contribution is 0.102. The number of hydrogen-bond acceptors (Lipinski definition) is 4. The second-order valence-corrected chi connectivity index (χ2v) is 8.86. The Labute approximate surface area is 192 Å². The molecule has 0 atom stereocenters. The first-order valence-electron chi connectivity index (χ1n) is 11.3. The van der Waals surface area contributed by atoms with Crippen LogP contribution in [0.3, 0.4) is 0 Å². The van der Waals surface area contributed by atoms with Crippen LogP contribution in [-0.4, -0.2) is 34.4 Å². The Morgan fingerprint density at radius 2 is 1.91 bits per heavy atom. The van der Waals surface area contributed by atoms with Crippen LogP contribution in [0.15, 0.2) is 48.7 Å². The third-order valence-electron chi connectivity index (χ3n) is 6.32. The van der Waals surface area contributed by atoms with Gasteiger partial charge in [-0.1, -0.05) is 0 Å². The number of benzene rings is 2. The van der Waals surface area contributed by atoms with E-state index in [1.54, 1.807) is 0 Å². The zero-order valence-corrected chi connectivity index (χ0v) is 19.0. The molecular formula is C26H28N6O. The van der Waals surface area contributed by atoms with Crippen molar-refractivity contribution < 1.29 is 4.79 Å². The molecule has 2 aromatic heterocycles. The summed E-state index contributed by atoms with van der Waals surface area (Å²) >= 11 is 0. The predicted octanol–water partition coefficient (Wildman–Crippen LogP) is 4.59. The van der Waals surface area contributed by atoms with Crippen molar-refractivity contribution >= 4 is 44.9 Å². The topological polar surface area (TPSA) is 100 Å². The number of hydrogen-bond donors (Lipinski definition) is 3. The van der Waals surface area contributed by atoms with Gasteiger partial charge in [0.2, 0.25) is 0 Å². The number of amidine groups is 1. The maximum Gasteiger partial charge on any atom is 0.257 e. The Bertz CT molecular complexity index is 1400. The molecule has 0 aliphatic carbocycles. The highest BCUT2D eigenvalue weighted by molar-refractivity contribution is 6.11. The van der Waals surface area contributed by atoms with E-state index in [0.29, 0.717) is 12.1 Å². The monoisotopic (exact) mass is 440 g/mol.